The number of carbonyl (C=O) groups excluding carboxylic acids is 2. The summed E-state index contributed by atoms with van der Waals surface area (Å²) in [6, 6.07) is 7.92. The molecule has 5 heteroatoms. The van der Waals surface area contributed by atoms with Crippen LogP contribution in [0.4, 0.5) is 0 Å². The summed E-state index contributed by atoms with van der Waals surface area (Å²) in [5, 5.41) is 0.784. The maximum Gasteiger partial charge on any atom is 0.379 e. The molecule has 1 atom stereocenters. The maximum atomic E-state index is 12.3. The summed E-state index contributed by atoms with van der Waals surface area (Å²) in [5.74, 6) is -1.39. The lowest BCUT2D eigenvalue weighted by Gasteiger charge is -2.20. The third-order valence-corrected chi connectivity index (χ3v) is 3.84. The summed E-state index contributed by atoms with van der Waals surface area (Å²) in [5.41, 5.74) is 1.35. The summed E-state index contributed by atoms with van der Waals surface area (Å²) in [4.78, 5) is 26.1. The molecule has 2 aromatic rings. The molecule has 0 fully saturated rings. The van der Waals surface area contributed by atoms with Gasteiger partial charge in [-0.05, 0) is 34.0 Å². The monoisotopic (exact) mass is 302 g/mol. The molecule has 0 N–H and O–H groups in total. The topological polar surface area (TPSA) is 51.5 Å². The molecular weight excluding hydrogens is 280 g/mol. The van der Waals surface area contributed by atoms with Crippen LogP contribution >= 0.6 is 0 Å². The molecule has 0 bridgehead atoms. The lowest BCUT2D eigenvalue weighted by atomic mass is 10.1. The highest BCUT2D eigenvalue weighted by Gasteiger charge is 2.23. The lowest BCUT2D eigenvalue weighted by Crippen LogP contribution is -2.29. The molecule has 1 aromatic heterocycles. The Labute approximate surface area is 130 Å². The van der Waals surface area contributed by atoms with Crippen LogP contribution in [-0.4, -0.2) is 48.0 Å². The summed E-state index contributed by atoms with van der Waals surface area (Å²) in [7, 11) is 4.03. The third kappa shape index (κ3) is 3.20. The van der Waals surface area contributed by atoms with Gasteiger partial charge in [-0.25, -0.2) is 4.79 Å². The quantitative estimate of drug-likeness (QED) is 0.467. The zero-order valence-electron chi connectivity index (χ0n) is 13.5. The first-order valence-corrected chi connectivity index (χ1v) is 7.41. The molecule has 22 heavy (non-hydrogen) atoms. The Balaban J connectivity index is 2.44. The fourth-order valence-corrected chi connectivity index (χ4v) is 2.33. The second-order valence-corrected chi connectivity index (χ2v) is 5.57. The number of hydrogen-bond donors (Lipinski definition) is 0. The zero-order chi connectivity index (χ0) is 16.3. The fraction of sp³-hybridized carbons (Fsp3) is 0.412. The van der Waals surface area contributed by atoms with Gasteiger partial charge in [0.05, 0.1) is 12.2 Å². The van der Waals surface area contributed by atoms with Crippen LogP contribution in [0.1, 0.15) is 24.2 Å². The van der Waals surface area contributed by atoms with E-state index in [0.29, 0.717) is 11.6 Å². The first-order chi connectivity index (χ1) is 10.5. The van der Waals surface area contributed by atoms with E-state index in [-0.39, 0.29) is 6.61 Å². The van der Waals surface area contributed by atoms with Crippen molar-refractivity contribution >= 4 is 22.7 Å². The number of esters is 1. The van der Waals surface area contributed by atoms with Crippen molar-refractivity contribution in [2.75, 3.05) is 20.7 Å². The molecule has 0 spiro atoms. The first kappa shape index (κ1) is 16.2. The second-order valence-electron chi connectivity index (χ2n) is 5.57. The minimum atomic E-state index is -0.800. The molecular formula is C17H22N2O3. The summed E-state index contributed by atoms with van der Waals surface area (Å²) >= 11 is 0. The van der Waals surface area contributed by atoms with E-state index in [1.807, 2.05) is 42.9 Å². The predicted octanol–water partition coefficient (Wildman–Crippen LogP) is 2.34. The van der Waals surface area contributed by atoms with Gasteiger partial charge in [0.15, 0.2) is 0 Å². The standard InChI is InChI=1S/C17H22N2O3/c1-5-22-17(21)16(20)14-11-19(10-12(2)18(3)4)15-9-7-6-8-13(14)15/h6-9,11-12H,5,10H2,1-4H3. The Morgan fingerprint density at radius 1 is 1.27 bits per heavy atom. The Morgan fingerprint density at radius 2 is 1.95 bits per heavy atom. The molecule has 0 radical (unpaired) electrons. The Hall–Kier alpha value is -2.14. The smallest absolute Gasteiger partial charge is 0.379 e. The van der Waals surface area contributed by atoms with E-state index in [9.17, 15) is 9.59 Å². The molecule has 0 aliphatic carbocycles. The van der Waals surface area contributed by atoms with E-state index in [2.05, 4.69) is 11.8 Å². The van der Waals surface area contributed by atoms with Crippen molar-refractivity contribution in [3.05, 3.63) is 36.0 Å². The zero-order valence-corrected chi connectivity index (χ0v) is 13.5. The van der Waals surface area contributed by atoms with Crippen LogP contribution in [0, 0.1) is 0 Å². The number of carbonyl (C=O) groups is 2. The van der Waals surface area contributed by atoms with E-state index in [1.54, 1.807) is 13.1 Å². The predicted molar refractivity (Wildman–Crippen MR) is 86.1 cm³/mol. The van der Waals surface area contributed by atoms with Gasteiger partial charge in [-0.2, -0.15) is 0 Å². The number of ketones is 1. The average Bonchev–Trinajstić information content (AvgIpc) is 2.85. The number of benzene rings is 1. The number of Topliss-reactive ketones (excluding diaryl/α,β-unsaturated/α-hetero) is 1. The Morgan fingerprint density at radius 3 is 2.59 bits per heavy atom. The number of rotatable bonds is 6. The van der Waals surface area contributed by atoms with Crippen LogP contribution in [0.5, 0.6) is 0 Å². The summed E-state index contributed by atoms with van der Waals surface area (Å²) in [6.07, 6.45) is 1.75. The minimum absolute atomic E-state index is 0.195. The molecule has 1 heterocycles. The number of hydrogen-bond acceptors (Lipinski definition) is 4. The van der Waals surface area contributed by atoms with Gasteiger partial charge in [-0.1, -0.05) is 18.2 Å². The van der Waals surface area contributed by atoms with Crippen molar-refractivity contribution in [3.63, 3.8) is 0 Å². The molecule has 0 aliphatic rings. The number of likely N-dealkylation sites (N-methyl/N-ethyl adjacent to an activating group) is 1. The summed E-state index contributed by atoms with van der Waals surface area (Å²) < 4.78 is 6.85. The van der Waals surface area contributed by atoms with Gasteiger partial charge in [0.2, 0.25) is 0 Å². The lowest BCUT2D eigenvalue weighted by molar-refractivity contribution is -0.137. The minimum Gasteiger partial charge on any atom is -0.460 e. The summed E-state index contributed by atoms with van der Waals surface area (Å²) in [6.45, 7) is 4.74. The van der Waals surface area contributed by atoms with Gasteiger partial charge >= 0.3 is 5.97 Å². The first-order valence-electron chi connectivity index (χ1n) is 7.41. The van der Waals surface area contributed by atoms with Crippen molar-refractivity contribution < 1.29 is 14.3 Å². The van der Waals surface area contributed by atoms with Crippen molar-refractivity contribution in [2.24, 2.45) is 0 Å². The second kappa shape index (κ2) is 6.75. The Kier molecular flexibility index (Phi) is 4.98. The molecule has 0 saturated heterocycles. The van der Waals surface area contributed by atoms with Crippen LogP contribution < -0.4 is 0 Å². The molecule has 0 aliphatic heterocycles. The van der Waals surface area contributed by atoms with Crippen LogP contribution in [0.25, 0.3) is 10.9 Å². The van der Waals surface area contributed by atoms with Gasteiger partial charge in [-0.3, -0.25) is 4.79 Å². The number of ether oxygens (including phenoxy) is 1. The molecule has 0 saturated carbocycles. The number of nitrogens with zero attached hydrogens (tertiary/aromatic N) is 2. The van der Waals surface area contributed by atoms with Crippen LogP contribution in [0.3, 0.4) is 0 Å². The van der Waals surface area contributed by atoms with Crippen molar-refractivity contribution in [3.8, 4) is 0 Å². The molecule has 1 unspecified atom stereocenters. The molecule has 1 aromatic carbocycles. The SMILES string of the molecule is CCOC(=O)C(=O)c1cn(CC(C)N(C)C)c2ccccc12. The maximum absolute atomic E-state index is 12.3. The largest absolute Gasteiger partial charge is 0.460 e. The van der Waals surface area contributed by atoms with Gasteiger partial charge in [0.25, 0.3) is 5.78 Å². The van der Waals surface area contributed by atoms with Crippen LogP contribution in [0.2, 0.25) is 0 Å². The molecule has 118 valence electrons. The van der Waals surface area contributed by atoms with E-state index in [4.69, 9.17) is 4.74 Å². The van der Waals surface area contributed by atoms with Gasteiger partial charge in [-0.15, -0.1) is 0 Å². The number of para-hydroxylation sites is 1. The van der Waals surface area contributed by atoms with Crippen molar-refractivity contribution in [1.82, 2.24) is 9.47 Å². The van der Waals surface area contributed by atoms with Gasteiger partial charge in [0, 0.05) is 29.7 Å². The van der Waals surface area contributed by atoms with Crippen molar-refractivity contribution in [2.45, 2.75) is 26.4 Å². The molecule has 0 amide bonds. The highest BCUT2D eigenvalue weighted by molar-refractivity contribution is 6.43. The van der Waals surface area contributed by atoms with E-state index in [1.165, 1.54) is 0 Å². The van der Waals surface area contributed by atoms with Gasteiger partial charge < -0.3 is 14.2 Å². The van der Waals surface area contributed by atoms with Crippen LogP contribution in [-0.2, 0) is 16.1 Å². The molecule has 5 nitrogen and oxygen atoms in total. The average molecular weight is 302 g/mol. The van der Waals surface area contributed by atoms with E-state index < -0.39 is 11.8 Å². The van der Waals surface area contributed by atoms with E-state index in [0.717, 1.165) is 17.4 Å². The molecule has 2 rings (SSSR count). The third-order valence-electron chi connectivity index (χ3n) is 3.84. The highest BCUT2D eigenvalue weighted by Crippen LogP contribution is 2.23. The number of fused-ring (bicyclic) bond motifs is 1. The van der Waals surface area contributed by atoms with Gasteiger partial charge in [0.1, 0.15) is 0 Å². The normalized spacial score (nSPS) is 12.6. The fourth-order valence-electron chi connectivity index (χ4n) is 2.33. The Bertz CT molecular complexity index is 688. The van der Waals surface area contributed by atoms with Crippen molar-refractivity contribution in [1.29, 1.82) is 0 Å². The highest BCUT2D eigenvalue weighted by atomic mass is 16.5. The van der Waals surface area contributed by atoms with Crippen LogP contribution in [0.15, 0.2) is 30.5 Å². The van der Waals surface area contributed by atoms with E-state index >= 15 is 0 Å². The number of aromatic nitrogens is 1.